The van der Waals surface area contributed by atoms with Gasteiger partial charge in [-0.25, -0.2) is 4.98 Å². The number of nitrogens with zero attached hydrogens (tertiary/aromatic N) is 3. The topological polar surface area (TPSA) is 69.3 Å². The minimum atomic E-state index is -0.154. The fourth-order valence-electron chi connectivity index (χ4n) is 3.92. The zero-order chi connectivity index (χ0) is 20.5. The van der Waals surface area contributed by atoms with Crippen LogP contribution in [-0.4, -0.2) is 52.9 Å². The van der Waals surface area contributed by atoms with Crippen molar-refractivity contribution in [3.05, 3.63) is 50.8 Å². The molecule has 6 nitrogen and oxygen atoms in total. The van der Waals surface area contributed by atoms with Crippen molar-refractivity contribution in [2.24, 2.45) is 5.92 Å². The van der Waals surface area contributed by atoms with E-state index in [0.717, 1.165) is 30.5 Å². The Balaban J connectivity index is 1.60. The van der Waals surface area contributed by atoms with E-state index in [2.05, 4.69) is 9.88 Å². The van der Waals surface area contributed by atoms with E-state index < -0.39 is 0 Å². The number of hydrogen-bond acceptors (Lipinski definition) is 5. The molecule has 1 N–H and O–H groups in total. The van der Waals surface area contributed by atoms with Crippen molar-refractivity contribution >= 4 is 39.1 Å². The van der Waals surface area contributed by atoms with Crippen molar-refractivity contribution in [1.82, 2.24) is 19.8 Å². The molecule has 1 amide bonds. The fraction of sp³-hybridized carbons (Fsp3) is 0.381. The molecule has 0 radical (unpaired) electrons. The zero-order valence-electron chi connectivity index (χ0n) is 16.4. The molecule has 1 atom stereocenters. The van der Waals surface area contributed by atoms with E-state index in [9.17, 15) is 9.59 Å². The molecule has 3 aromatic rings. The zero-order valence-corrected chi connectivity index (χ0v) is 18.0. The molecular formula is C21H23ClN4O2S. The normalized spacial score (nSPS) is 17.6. The van der Waals surface area contributed by atoms with E-state index in [1.54, 1.807) is 19.0 Å². The van der Waals surface area contributed by atoms with Crippen LogP contribution in [-0.2, 0) is 11.3 Å². The van der Waals surface area contributed by atoms with Crippen LogP contribution in [0.2, 0.25) is 5.02 Å². The highest BCUT2D eigenvalue weighted by atomic mass is 35.5. The molecule has 152 valence electrons. The van der Waals surface area contributed by atoms with Crippen molar-refractivity contribution in [2.45, 2.75) is 19.4 Å². The molecule has 0 bridgehead atoms. The summed E-state index contributed by atoms with van der Waals surface area (Å²) in [6, 6.07) is 7.50. The molecule has 29 heavy (non-hydrogen) atoms. The fourth-order valence-corrected chi connectivity index (χ4v) is 5.12. The molecule has 3 heterocycles. The number of nitrogens with one attached hydrogen (secondary N) is 1. The summed E-state index contributed by atoms with van der Waals surface area (Å²) in [5.41, 5.74) is 1.49. The lowest BCUT2D eigenvalue weighted by molar-refractivity contribution is -0.134. The highest BCUT2D eigenvalue weighted by Crippen LogP contribution is 2.35. The third kappa shape index (κ3) is 4.08. The SMILES string of the molecule is CN(C)C(=O)C1CCCN(Cc2nc3scc(-c4ccccc4Cl)c3c(=O)[nH]2)C1. The lowest BCUT2D eigenvalue weighted by Crippen LogP contribution is -2.42. The Morgan fingerprint density at radius 2 is 2.14 bits per heavy atom. The van der Waals surface area contributed by atoms with Gasteiger partial charge < -0.3 is 9.88 Å². The number of fused-ring (bicyclic) bond motifs is 1. The lowest BCUT2D eigenvalue weighted by Gasteiger charge is -2.32. The van der Waals surface area contributed by atoms with Gasteiger partial charge in [-0.15, -0.1) is 11.3 Å². The summed E-state index contributed by atoms with van der Waals surface area (Å²) in [5, 5.41) is 3.12. The highest BCUT2D eigenvalue weighted by molar-refractivity contribution is 7.17. The van der Waals surface area contributed by atoms with Crippen LogP contribution in [0.5, 0.6) is 0 Å². The molecule has 1 aliphatic rings. The molecule has 4 rings (SSSR count). The summed E-state index contributed by atoms with van der Waals surface area (Å²) in [5.74, 6) is 0.796. The van der Waals surface area contributed by atoms with Gasteiger partial charge in [0.2, 0.25) is 5.91 Å². The van der Waals surface area contributed by atoms with Gasteiger partial charge in [-0.3, -0.25) is 14.5 Å². The first-order valence-electron chi connectivity index (χ1n) is 9.63. The lowest BCUT2D eigenvalue weighted by atomic mass is 9.97. The van der Waals surface area contributed by atoms with Crippen LogP contribution >= 0.6 is 22.9 Å². The van der Waals surface area contributed by atoms with Crippen molar-refractivity contribution in [3.63, 3.8) is 0 Å². The number of aromatic nitrogens is 2. The number of hydrogen-bond donors (Lipinski definition) is 1. The third-order valence-electron chi connectivity index (χ3n) is 5.33. The highest BCUT2D eigenvalue weighted by Gasteiger charge is 2.27. The van der Waals surface area contributed by atoms with Crippen LogP contribution in [0.1, 0.15) is 18.7 Å². The number of likely N-dealkylation sites (tertiary alicyclic amines) is 1. The van der Waals surface area contributed by atoms with Crippen LogP contribution in [0.25, 0.3) is 21.3 Å². The predicted molar refractivity (Wildman–Crippen MR) is 117 cm³/mol. The smallest absolute Gasteiger partial charge is 0.260 e. The van der Waals surface area contributed by atoms with Crippen molar-refractivity contribution < 1.29 is 4.79 Å². The predicted octanol–water partition coefficient (Wildman–Crippen LogP) is 3.61. The van der Waals surface area contributed by atoms with E-state index in [1.807, 2.05) is 29.6 Å². The van der Waals surface area contributed by atoms with Gasteiger partial charge in [-0.2, -0.15) is 0 Å². The van der Waals surface area contributed by atoms with Crippen LogP contribution in [0, 0.1) is 5.92 Å². The van der Waals surface area contributed by atoms with Crippen molar-refractivity contribution in [1.29, 1.82) is 0 Å². The van der Waals surface area contributed by atoms with Crippen LogP contribution in [0.3, 0.4) is 0 Å². The maximum atomic E-state index is 12.9. The van der Waals surface area contributed by atoms with Crippen LogP contribution in [0.15, 0.2) is 34.4 Å². The molecule has 1 saturated heterocycles. The van der Waals surface area contributed by atoms with E-state index in [4.69, 9.17) is 16.6 Å². The van der Waals surface area contributed by atoms with E-state index in [-0.39, 0.29) is 17.4 Å². The first-order chi connectivity index (χ1) is 13.9. The Kier molecular flexibility index (Phi) is 5.72. The Bertz CT molecular complexity index is 1110. The average Bonchev–Trinajstić information content (AvgIpc) is 3.12. The number of halogens is 1. The summed E-state index contributed by atoms with van der Waals surface area (Å²) >= 11 is 7.77. The molecule has 1 aliphatic heterocycles. The molecule has 1 fully saturated rings. The van der Waals surface area contributed by atoms with Gasteiger partial charge in [0, 0.05) is 42.2 Å². The van der Waals surface area contributed by atoms with Crippen molar-refractivity contribution in [2.75, 3.05) is 27.2 Å². The number of aromatic amines is 1. The maximum absolute atomic E-state index is 12.9. The monoisotopic (exact) mass is 430 g/mol. The molecule has 2 aromatic heterocycles. The Labute approximate surface area is 178 Å². The van der Waals surface area contributed by atoms with E-state index >= 15 is 0 Å². The van der Waals surface area contributed by atoms with Gasteiger partial charge in [-0.1, -0.05) is 29.8 Å². The van der Waals surface area contributed by atoms with Gasteiger partial charge in [0.25, 0.3) is 5.56 Å². The molecule has 8 heteroatoms. The van der Waals surface area contributed by atoms with Crippen LogP contribution < -0.4 is 5.56 Å². The number of benzene rings is 1. The second kappa shape index (κ2) is 8.26. The standard InChI is InChI=1S/C21H23ClN4O2S/c1-25(2)21(28)13-6-5-9-26(10-13)11-17-23-19(27)18-15(12-29-20(18)24-17)14-7-3-4-8-16(14)22/h3-4,7-8,12-13H,5-6,9-11H2,1-2H3,(H,23,24,27). The summed E-state index contributed by atoms with van der Waals surface area (Å²) in [6.45, 7) is 2.12. The largest absolute Gasteiger partial charge is 0.349 e. The summed E-state index contributed by atoms with van der Waals surface area (Å²) in [6.07, 6.45) is 1.87. The van der Waals surface area contributed by atoms with E-state index in [0.29, 0.717) is 34.2 Å². The number of rotatable bonds is 4. The van der Waals surface area contributed by atoms with Gasteiger partial charge in [0.05, 0.1) is 17.8 Å². The number of piperidine rings is 1. The number of H-pyrrole nitrogens is 1. The van der Waals surface area contributed by atoms with Gasteiger partial charge >= 0.3 is 0 Å². The molecule has 1 aromatic carbocycles. The Morgan fingerprint density at radius 1 is 1.34 bits per heavy atom. The van der Waals surface area contributed by atoms with Gasteiger partial charge in [-0.05, 0) is 25.5 Å². The first-order valence-corrected chi connectivity index (χ1v) is 10.9. The third-order valence-corrected chi connectivity index (χ3v) is 6.53. The molecule has 0 aliphatic carbocycles. The summed E-state index contributed by atoms with van der Waals surface area (Å²) in [7, 11) is 3.59. The van der Waals surface area contributed by atoms with Crippen LogP contribution in [0.4, 0.5) is 0 Å². The molecule has 0 saturated carbocycles. The Morgan fingerprint density at radius 3 is 2.90 bits per heavy atom. The molecule has 1 unspecified atom stereocenters. The quantitative estimate of drug-likeness (QED) is 0.686. The number of thiophene rings is 1. The molecule has 0 spiro atoms. The molecular weight excluding hydrogens is 408 g/mol. The van der Waals surface area contributed by atoms with Gasteiger partial charge in [0.1, 0.15) is 10.7 Å². The van der Waals surface area contributed by atoms with Crippen molar-refractivity contribution in [3.8, 4) is 11.1 Å². The minimum Gasteiger partial charge on any atom is -0.349 e. The Hall–Kier alpha value is -2.22. The van der Waals surface area contributed by atoms with Gasteiger partial charge in [0.15, 0.2) is 0 Å². The minimum absolute atomic E-state index is 0.00256. The first kappa shape index (κ1) is 20.1. The van der Waals surface area contributed by atoms with E-state index in [1.165, 1.54) is 11.3 Å². The average molecular weight is 431 g/mol. The number of carbonyl (C=O) groups excluding carboxylic acids is 1. The number of amides is 1. The summed E-state index contributed by atoms with van der Waals surface area (Å²) in [4.78, 5) is 37.4. The maximum Gasteiger partial charge on any atom is 0.260 e. The second-order valence-electron chi connectivity index (χ2n) is 7.63. The second-order valence-corrected chi connectivity index (χ2v) is 8.89. The number of carbonyl (C=O) groups is 1. The summed E-state index contributed by atoms with van der Waals surface area (Å²) < 4.78 is 0.